The van der Waals surface area contributed by atoms with Gasteiger partial charge in [-0.2, -0.15) is 17.2 Å². The van der Waals surface area contributed by atoms with Crippen molar-refractivity contribution in [2.45, 2.75) is 50.0 Å². The van der Waals surface area contributed by atoms with E-state index in [1.54, 1.807) is 6.92 Å². The number of alkyl halides is 2. The van der Waals surface area contributed by atoms with Gasteiger partial charge in [0.1, 0.15) is 11.4 Å². The largest absolute Gasteiger partial charge is 0.391 e. The Morgan fingerprint density at radius 2 is 2.00 bits per heavy atom. The van der Waals surface area contributed by atoms with Crippen molar-refractivity contribution in [2.75, 3.05) is 4.31 Å². The van der Waals surface area contributed by atoms with Gasteiger partial charge >= 0.3 is 15.3 Å². The van der Waals surface area contributed by atoms with E-state index >= 15 is 0 Å². The lowest BCUT2D eigenvalue weighted by molar-refractivity contribution is -0.132. The maximum Gasteiger partial charge on any atom is 0.391 e. The average Bonchev–Trinajstić information content (AvgIpc) is 3.38. The van der Waals surface area contributed by atoms with E-state index in [9.17, 15) is 31.5 Å². The van der Waals surface area contributed by atoms with Gasteiger partial charge in [0.25, 0.3) is 5.91 Å². The van der Waals surface area contributed by atoms with Crippen LogP contribution in [0.15, 0.2) is 41.6 Å². The highest BCUT2D eigenvalue weighted by atomic mass is 32.2. The number of carbonyl (C=O) groups is 1. The van der Waals surface area contributed by atoms with Crippen LogP contribution in [0, 0.1) is 11.7 Å². The standard InChI is InChI=1S/C20H21F3N2O4S/c1-11-4-3-5-15-17(11)25(30(28,29)20(15,22)23)13-6-7-14(16(21)10-13)12(2)24-18(26)19(27)8-9-19/h3,5-7,10-12,27H,4,8-9H2,1-2H3,(H,24,26)/t11?,12-/m1/s1. The quantitative estimate of drug-likeness (QED) is 0.750. The summed E-state index contributed by atoms with van der Waals surface area (Å²) in [7, 11) is -5.11. The van der Waals surface area contributed by atoms with Crippen molar-refractivity contribution < 1.29 is 31.5 Å². The summed E-state index contributed by atoms with van der Waals surface area (Å²) in [6, 6.07) is 2.56. The minimum atomic E-state index is -5.11. The maximum absolute atomic E-state index is 14.8. The van der Waals surface area contributed by atoms with Gasteiger partial charge in [0.15, 0.2) is 0 Å². The van der Waals surface area contributed by atoms with E-state index in [1.807, 2.05) is 0 Å². The van der Waals surface area contributed by atoms with E-state index in [4.69, 9.17) is 0 Å². The Morgan fingerprint density at radius 1 is 1.33 bits per heavy atom. The van der Waals surface area contributed by atoms with E-state index in [0.717, 1.165) is 12.1 Å². The van der Waals surface area contributed by atoms with Gasteiger partial charge in [-0.15, -0.1) is 0 Å². The zero-order valence-corrected chi connectivity index (χ0v) is 17.1. The molecule has 0 radical (unpaired) electrons. The van der Waals surface area contributed by atoms with E-state index < -0.39 is 50.1 Å². The molecule has 1 aromatic carbocycles. The predicted octanol–water partition coefficient (Wildman–Crippen LogP) is 3.12. The Bertz CT molecular complexity index is 1090. The Kier molecular flexibility index (Phi) is 4.59. The third-order valence-corrected chi connectivity index (χ3v) is 7.55. The van der Waals surface area contributed by atoms with E-state index in [2.05, 4.69) is 5.32 Å². The molecule has 1 unspecified atom stereocenters. The summed E-state index contributed by atoms with van der Waals surface area (Å²) in [5, 5.41) is 8.23. The van der Waals surface area contributed by atoms with Gasteiger partial charge in [-0.05, 0) is 38.3 Å². The van der Waals surface area contributed by atoms with Gasteiger partial charge in [-0.1, -0.05) is 25.1 Å². The number of nitrogens with zero attached hydrogens (tertiary/aromatic N) is 1. The van der Waals surface area contributed by atoms with Gasteiger partial charge in [0.05, 0.1) is 17.3 Å². The Morgan fingerprint density at radius 3 is 2.60 bits per heavy atom. The van der Waals surface area contributed by atoms with Crippen LogP contribution in [0.4, 0.5) is 18.9 Å². The highest BCUT2D eigenvalue weighted by Crippen LogP contribution is 2.50. The Labute approximate surface area is 172 Å². The molecular weight excluding hydrogens is 421 g/mol. The third kappa shape index (κ3) is 2.96. The van der Waals surface area contributed by atoms with Crippen LogP contribution < -0.4 is 9.62 Å². The predicted molar refractivity (Wildman–Crippen MR) is 103 cm³/mol. The second-order valence-electron chi connectivity index (χ2n) is 8.06. The Balaban J connectivity index is 1.69. The van der Waals surface area contributed by atoms with Crippen molar-refractivity contribution in [1.82, 2.24) is 5.32 Å². The molecule has 1 aromatic rings. The number of aliphatic hydroxyl groups is 1. The first-order valence-corrected chi connectivity index (χ1v) is 11.0. The summed E-state index contributed by atoms with van der Waals surface area (Å²) in [5.41, 5.74) is -2.27. The molecule has 1 fully saturated rings. The van der Waals surface area contributed by atoms with Crippen LogP contribution in [-0.2, 0) is 14.8 Å². The van der Waals surface area contributed by atoms with Crippen LogP contribution in [0.3, 0.4) is 0 Å². The highest BCUT2D eigenvalue weighted by molar-refractivity contribution is 7.94. The summed E-state index contributed by atoms with van der Waals surface area (Å²) >= 11 is 0. The van der Waals surface area contributed by atoms with E-state index in [-0.39, 0.29) is 16.9 Å². The molecule has 1 amide bonds. The van der Waals surface area contributed by atoms with Crippen LogP contribution >= 0.6 is 0 Å². The second kappa shape index (κ2) is 6.58. The molecule has 0 spiro atoms. The summed E-state index contributed by atoms with van der Waals surface area (Å²) in [6.45, 7) is 3.14. The number of benzene rings is 1. The molecule has 0 aromatic heterocycles. The average molecular weight is 442 g/mol. The number of sulfonamides is 1. The molecule has 0 saturated heterocycles. The summed E-state index contributed by atoms with van der Waals surface area (Å²) < 4.78 is 69.8. The minimum Gasteiger partial charge on any atom is -0.380 e. The normalized spacial score (nSPS) is 26.3. The Hall–Kier alpha value is -2.33. The van der Waals surface area contributed by atoms with Crippen molar-refractivity contribution in [3.05, 3.63) is 53.0 Å². The topological polar surface area (TPSA) is 86.7 Å². The molecule has 4 rings (SSSR count). The zero-order chi connectivity index (χ0) is 22.1. The molecule has 6 nitrogen and oxygen atoms in total. The first-order chi connectivity index (χ1) is 13.9. The molecule has 10 heteroatoms. The number of anilines is 1. The van der Waals surface area contributed by atoms with Crippen LogP contribution in [0.1, 0.15) is 44.7 Å². The molecule has 0 bridgehead atoms. The molecule has 2 aliphatic carbocycles. The van der Waals surface area contributed by atoms with Crippen LogP contribution in [-0.4, -0.2) is 30.3 Å². The number of halogens is 3. The molecule has 2 atom stereocenters. The molecule has 162 valence electrons. The third-order valence-electron chi connectivity index (χ3n) is 5.79. The van der Waals surface area contributed by atoms with Crippen molar-refractivity contribution in [3.8, 4) is 0 Å². The van der Waals surface area contributed by atoms with Crippen LogP contribution in [0.2, 0.25) is 0 Å². The smallest absolute Gasteiger partial charge is 0.380 e. The fourth-order valence-corrected chi connectivity index (χ4v) is 5.43. The molecule has 2 N–H and O–H groups in total. The highest BCUT2D eigenvalue weighted by Gasteiger charge is 2.61. The lowest BCUT2D eigenvalue weighted by Gasteiger charge is -2.26. The number of allylic oxidation sites excluding steroid dienone is 3. The lowest BCUT2D eigenvalue weighted by atomic mass is 9.93. The van der Waals surface area contributed by atoms with Crippen molar-refractivity contribution in [2.24, 2.45) is 5.92 Å². The number of carbonyl (C=O) groups excluding carboxylic acids is 1. The molecular formula is C20H21F3N2O4S. The van der Waals surface area contributed by atoms with Gasteiger partial charge < -0.3 is 10.4 Å². The number of amides is 1. The summed E-state index contributed by atoms with van der Waals surface area (Å²) in [4.78, 5) is 12.0. The lowest BCUT2D eigenvalue weighted by Crippen LogP contribution is -2.38. The molecule has 3 aliphatic rings. The summed E-state index contributed by atoms with van der Waals surface area (Å²) in [5.74, 6) is -1.96. The van der Waals surface area contributed by atoms with E-state index in [1.165, 1.54) is 25.1 Å². The maximum atomic E-state index is 14.8. The molecule has 1 heterocycles. The number of rotatable bonds is 4. The fourth-order valence-electron chi connectivity index (χ4n) is 3.82. The second-order valence-corrected chi connectivity index (χ2v) is 9.88. The molecule has 1 aliphatic heterocycles. The number of nitrogens with one attached hydrogen (secondary N) is 1. The fraction of sp³-hybridized carbons (Fsp3) is 0.450. The minimum absolute atomic E-state index is 0.0468. The zero-order valence-electron chi connectivity index (χ0n) is 16.3. The van der Waals surface area contributed by atoms with Crippen molar-refractivity contribution >= 4 is 21.6 Å². The molecule has 30 heavy (non-hydrogen) atoms. The van der Waals surface area contributed by atoms with Gasteiger partial charge in [0.2, 0.25) is 0 Å². The van der Waals surface area contributed by atoms with Crippen LogP contribution in [0.25, 0.3) is 0 Å². The number of hydrogen-bond donors (Lipinski definition) is 2. The van der Waals surface area contributed by atoms with Gasteiger partial charge in [0, 0.05) is 17.2 Å². The SMILES string of the molecule is CC1CC=CC2=C1N(c1ccc([C@@H](C)NC(=O)C3(O)CC3)c(F)c1)S(=O)(=O)C2(F)F. The number of hydrogen-bond acceptors (Lipinski definition) is 4. The van der Waals surface area contributed by atoms with Gasteiger partial charge in [-0.3, -0.25) is 4.79 Å². The first kappa shape index (κ1) is 20.9. The monoisotopic (exact) mass is 442 g/mol. The summed E-state index contributed by atoms with van der Waals surface area (Å²) in [6.07, 6.45) is 3.65. The van der Waals surface area contributed by atoms with Crippen LogP contribution in [0.5, 0.6) is 0 Å². The van der Waals surface area contributed by atoms with Crippen molar-refractivity contribution in [1.29, 1.82) is 0 Å². The molecule has 1 saturated carbocycles. The van der Waals surface area contributed by atoms with E-state index in [0.29, 0.717) is 23.6 Å². The van der Waals surface area contributed by atoms with Gasteiger partial charge in [-0.25, -0.2) is 8.70 Å². The first-order valence-electron chi connectivity index (χ1n) is 9.57. The van der Waals surface area contributed by atoms with Crippen molar-refractivity contribution in [3.63, 3.8) is 0 Å².